The minimum Gasteiger partial charge on any atom is -0.264 e. The van der Waals surface area contributed by atoms with E-state index in [1.807, 2.05) is 12.4 Å². The Morgan fingerprint density at radius 1 is 0.750 bits per heavy atom. The first-order chi connectivity index (χ1) is 9.74. The highest BCUT2D eigenvalue weighted by Gasteiger charge is 2.12. The van der Waals surface area contributed by atoms with Gasteiger partial charge in [0.1, 0.15) is 0 Å². The van der Waals surface area contributed by atoms with Gasteiger partial charge in [-0.2, -0.15) is 0 Å². The normalized spacial score (nSPS) is 10.8. The van der Waals surface area contributed by atoms with Crippen molar-refractivity contribution in [3.63, 3.8) is 0 Å². The number of hydrogen-bond donors (Lipinski definition) is 0. The summed E-state index contributed by atoms with van der Waals surface area (Å²) in [6, 6.07) is 4.41. The quantitative estimate of drug-likeness (QED) is 0.803. The molecule has 0 bridgehead atoms. The Labute approximate surface area is 122 Å². The van der Waals surface area contributed by atoms with Gasteiger partial charge < -0.3 is 0 Å². The third kappa shape index (κ3) is 2.74. The fourth-order valence-corrected chi connectivity index (χ4v) is 2.72. The average molecular weight is 268 g/mol. The van der Waals surface area contributed by atoms with Crippen LogP contribution in [0.25, 0.3) is 11.3 Å². The molecular weight excluding hydrogens is 244 g/mol. The van der Waals surface area contributed by atoms with Crippen molar-refractivity contribution in [1.29, 1.82) is 0 Å². The SMILES string of the molecule is CCc1ccc(-c2c(CC)cncc2CC)nc1CC. The molecule has 0 atom stereocenters. The van der Waals surface area contributed by atoms with Crippen molar-refractivity contribution in [3.8, 4) is 11.3 Å². The largest absolute Gasteiger partial charge is 0.264 e. The molecule has 0 radical (unpaired) electrons. The zero-order valence-electron chi connectivity index (χ0n) is 13.0. The first-order valence-corrected chi connectivity index (χ1v) is 7.69. The molecule has 0 unspecified atom stereocenters. The summed E-state index contributed by atoms with van der Waals surface area (Å²) in [5.41, 5.74) is 7.58. The van der Waals surface area contributed by atoms with Crippen molar-refractivity contribution in [2.45, 2.75) is 53.4 Å². The number of hydrogen-bond acceptors (Lipinski definition) is 2. The van der Waals surface area contributed by atoms with E-state index >= 15 is 0 Å². The van der Waals surface area contributed by atoms with Crippen molar-refractivity contribution in [1.82, 2.24) is 9.97 Å². The Bertz CT molecular complexity index is 566. The van der Waals surface area contributed by atoms with E-state index < -0.39 is 0 Å². The topological polar surface area (TPSA) is 25.8 Å². The molecule has 0 spiro atoms. The maximum Gasteiger partial charge on any atom is 0.0712 e. The highest BCUT2D eigenvalue weighted by molar-refractivity contribution is 5.67. The van der Waals surface area contributed by atoms with E-state index in [1.165, 1.54) is 27.9 Å². The molecule has 2 heteroatoms. The van der Waals surface area contributed by atoms with Gasteiger partial charge in [-0.15, -0.1) is 0 Å². The van der Waals surface area contributed by atoms with Gasteiger partial charge in [0.15, 0.2) is 0 Å². The lowest BCUT2D eigenvalue weighted by molar-refractivity contribution is 0.960. The summed E-state index contributed by atoms with van der Waals surface area (Å²) >= 11 is 0. The van der Waals surface area contributed by atoms with Gasteiger partial charge in [0.2, 0.25) is 0 Å². The zero-order chi connectivity index (χ0) is 14.5. The molecule has 2 heterocycles. The van der Waals surface area contributed by atoms with Crippen molar-refractivity contribution in [2.24, 2.45) is 0 Å². The summed E-state index contributed by atoms with van der Waals surface area (Å²) < 4.78 is 0. The van der Waals surface area contributed by atoms with Gasteiger partial charge in [0.25, 0.3) is 0 Å². The molecule has 0 aliphatic carbocycles. The Hall–Kier alpha value is -1.70. The molecule has 20 heavy (non-hydrogen) atoms. The van der Waals surface area contributed by atoms with E-state index in [2.05, 4.69) is 44.8 Å². The maximum absolute atomic E-state index is 4.92. The third-order valence-electron chi connectivity index (χ3n) is 3.91. The predicted octanol–water partition coefficient (Wildman–Crippen LogP) is 4.39. The molecule has 0 aliphatic heterocycles. The van der Waals surface area contributed by atoms with Gasteiger partial charge in [-0.05, 0) is 48.4 Å². The van der Waals surface area contributed by atoms with Gasteiger partial charge in [0.05, 0.1) is 5.69 Å². The number of aryl methyl sites for hydroxylation is 4. The van der Waals surface area contributed by atoms with Crippen LogP contribution in [0.15, 0.2) is 24.5 Å². The van der Waals surface area contributed by atoms with Crippen LogP contribution in [0, 0.1) is 0 Å². The minimum absolute atomic E-state index is 0.991. The van der Waals surface area contributed by atoms with Gasteiger partial charge in [0, 0.05) is 23.7 Å². The second-order valence-corrected chi connectivity index (χ2v) is 5.05. The number of nitrogens with zero attached hydrogens (tertiary/aromatic N) is 2. The first-order valence-electron chi connectivity index (χ1n) is 7.69. The number of rotatable bonds is 5. The second kappa shape index (κ2) is 6.65. The van der Waals surface area contributed by atoms with Crippen LogP contribution in [0.2, 0.25) is 0 Å². The molecule has 2 rings (SSSR count). The predicted molar refractivity (Wildman–Crippen MR) is 85.0 cm³/mol. The monoisotopic (exact) mass is 268 g/mol. The fraction of sp³-hybridized carbons (Fsp3) is 0.444. The van der Waals surface area contributed by atoms with E-state index in [0.29, 0.717) is 0 Å². The molecule has 2 aromatic rings. The lowest BCUT2D eigenvalue weighted by Crippen LogP contribution is -2.01. The maximum atomic E-state index is 4.92. The van der Waals surface area contributed by atoms with Crippen LogP contribution in [-0.2, 0) is 25.7 Å². The lowest BCUT2D eigenvalue weighted by atomic mass is 9.96. The zero-order valence-corrected chi connectivity index (χ0v) is 13.0. The highest BCUT2D eigenvalue weighted by atomic mass is 14.7. The van der Waals surface area contributed by atoms with Crippen molar-refractivity contribution >= 4 is 0 Å². The first kappa shape index (κ1) is 14.7. The van der Waals surface area contributed by atoms with Crippen LogP contribution >= 0.6 is 0 Å². The van der Waals surface area contributed by atoms with Gasteiger partial charge in [-0.25, -0.2) is 0 Å². The fourth-order valence-electron chi connectivity index (χ4n) is 2.72. The molecule has 2 aromatic heterocycles. The van der Waals surface area contributed by atoms with Gasteiger partial charge >= 0.3 is 0 Å². The van der Waals surface area contributed by atoms with Crippen LogP contribution in [0.5, 0.6) is 0 Å². The van der Waals surface area contributed by atoms with E-state index in [-0.39, 0.29) is 0 Å². The summed E-state index contributed by atoms with van der Waals surface area (Å²) in [6.07, 6.45) is 7.99. The molecule has 0 aliphatic rings. The smallest absolute Gasteiger partial charge is 0.0712 e. The summed E-state index contributed by atoms with van der Waals surface area (Å²) in [7, 11) is 0. The van der Waals surface area contributed by atoms with E-state index in [0.717, 1.165) is 31.4 Å². The van der Waals surface area contributed by atoms with Crippen LogP contribution in [0.1, 0.15) is 50.1 Å². The Morgan fingerprint density at radius 2 is 1.35 bits per heavy atom. The van der Waals surface area contributed by atoms with Crippen LogP contribution in [0.3, 0.4) is 0 Å². The summed E-state index contributed by atoms with van der Waals surface area (Å²) in [6.45, 7) is 8.73. The van der Waals surface area contributed by atoms with Crippen molar-refractivity contribution < 1.29 is 0 Å². The van der Waals surface area contributed by atoms with Crippen molar-refractivity contribution in [2.75, 3.05) is 0 Å². The summed E-state index contributed by atoms with van der Waals surface area (Å²) in [5, 5.41) is 0. The molecule has 0 aromatic carbocycles. The highest BCUT2D eigenvalue weighted by Crippen LogP contribution is 2.27. The van der Waals surface area contributed by atoms with Gasteiger partial charge in [-0.3, -0.25) is 9.97 Å². The summed E-state index contributed by atoms with van der Waals surface area (Å²) in [5.74, 6) is 0. The molecule has 2 nitrogen and oxygen atoms in total. The average Bonchev–Trinajstić information content (AvgIpc) is 2.53. The lowest BCUT2D eigenvalue weighted by Gasteiger charge is -2.14. The molecule has 0 saturated heterocycles. The van der Waals surface area contributed by atoms with Crippen molar-refractivity contribution in [3.05, 3.63) is 46.9 Å². The summed E-state index contributed by atoms with van der Waals surface area (Å²) in [4.78, 5) is 9.28. The van der Waals surface area contributed by atoms with Crippen LogP contribution < -0.4 is 0 Å². The van der Waals surface area contributed by atoms with E-state index in [1.54, 1.807) is 0 Å². The van der Waals surface area contributed by atoms with Crippen LogP contribution in [0.4, 0.5) is 0 Å². The third-order valence-corrected chi connectivity index (χ3v) is 3.91. The molecule has 0 saturated carbocycles. The Morgan fingerprint density at radius 3 is 1.85 bits per heavy atom. The van der Waals surface area contributed by atoms with E-state index in [4.69, 9.17) is 4.98 Å². The Kier molecular flexibility index (Phi) is 4.89. The van der Waals surface area contributed by atoms with Gasteiger partial charge in [-0.1, -0.05) is 33.8 Å². The standard InChI is InChI=1S/C18H24N2/c1-5-13-9-10-17(20-16(13)8-4)18-14(6-2)11-19-12-15(18)7-3/h9-12H,5-8H2,1-4H3. The molecule has 0 fully saturated rings. The second-order valence-electron chi connectivity index (χ2n) is 5.05. The van der Waals surface area contributed by atoms with E-state index in [9.17, 15) is 0 Å². The molecular formula is C18H24N2. The molecule has 0 N–H and O–H groups in total. The van der Waals surface area contributed by atoms with Crippen LogP contribution in [-0.4, -0.2) is 9.97 Å². The molecule has 0 amide bonds. The minimum atomic E-state index is 0.991. The molecule has 106 valence electrons. The Balaban J connectivity index is 2.61. The number of aromatic nitrogens is 2. The number of pyridine rings is 2.